The topological polar surface area (TPSA) is 55.2 Å². The molecule has 1 amide bonds. The summed E-state index contributed by atoms with van der Waals surface area (Å²) in [6.45, 7) is 4.82. The van der Waals surface area contributed by atoms with Gasteiger partial charge in [-0.15, -0.1) is 0 Å². The van der Waals surface area contributed by atoms with E-state index in [1.54, 1.807) is 12.1 Å². The van der Waals surface area contributed by atoms with Gasteiger partial charge in [-0.1, -0.05) is 78.9 Å². The Hall–Kier alpha value is -3.73. The third-order valence-electron chi connectivity index (χ3n) is 5.54. The van der Waals surface area contributed by atoms with Crippen LogP contribution < -0.4 is 5.56 Å². The first-order chi connectivity index (χ1) is 15.5. The predicted molar refractivity (Wildman–Crippen MR) is 128 cm³/mol. The van der Waals surface area contributed by atoms with Crippen LogP contribution in [0.2, 0.25) is 0 Å². The largest absolute Gasteiger partial charge is 0.333 e. The average Bonchev–Trinajstić information content (AvgIpc) is 2.83. The van der Waals surface area contributed by atoms with E-state index in [0.717, 1.165) is 12.0 Å². The van der Waals surface area contributed by atoms with E-state index in [1.807, 2.05) is 79.4 Å². The van der Waals surface area contributed by atoms with E-state index in [2.05, 4.69) is 17.2 Å². The molecule has 0 aliphatic rings. The van der Waals surface area contributed by atoms with Gasteiger partial charge in [0.25, 0.3) is 11.5 Å². The Labute approximate surface area is 187 Å². The highest BCUT2D eigenvalue weighted by atomic mass is 16.2. The smallest absolute Gasteiger partial charge is 0.275 e. The molecule has 0 saturated carbocycles. The monoisotopic (exact) mass is 425 g/mol. The molecule has 32 heavy (non-hydrogen) atoms. The summed E-state index contributed by atoms with van der Waals surface area (Å²) in [5, 5.41) is 5.64. The third kappa shape index (κ3) is 4.62. The summed E-state index contributed by atoms with van der Waals surface area (Å²) in [6, 6.07) is 27.2. The number of hydrogen-bond donors (Lipinski definition) is 0. The minimum atomic E-state index is -0.175. The van der Waals surface area contributed by atoms with Crippen LogP contribution in [0.15, 0.2) is 89.7 Å². The number of rotatable bonds is 7. The minimum absolute atomic E-state index is 0.148. The van der Waals surface area contributed by atoms with E-state index in [0.29, 0.717) is 29.6 Å². The summed E-state index contributed by atoms with van der Waals surface area (Å²) in [4.78, 5) is 28.5. The molecule has 0 N–H and O–H groups in total. The van der Waals surface area contributed by atoms with Crippen LogP contribution in [0.3, 0.4) is 0 Å². The van der Waals surface area contributed by atoms with Crippen LogP contribution in [-0.4, -0.2) is 27.1 Å². The molecule has 4 aromatic rings. The Morgan fingerprint density at radius 1 is 0.844 bits per heavy atom. The van der Waals surface area contributed by atoms with Crippen molar-refractivity contribution in [3.05, 3.63) is 112 Å². The van der Waals surface area contributed by atoms with E-state index < -0.39 is 0 Å². The highest BCUT2D eigenvalue weighted by Crippen LogP contribution is 2.18. The zero-order valence-electron chi connectivity index (χ0n) is 18.4. The second-order valence-electron chi connectivity index (χ2n) is 8.19. The molecule has 0 fully saturated rings. The van der Waals surface area contributed by atoms with Crippen LogP contribution >= 0.6 is 0 Å². The van der Waals surface area contributed by atoms with Gasteiger partial charge >= 0.3 is 0 Å². The number of carbonyl (C=O) groups excluding carboxylic acids is 1. The van der Waals surface area contributed by atoms with Crippen molar-refractivity contribution in [2.75, 3.05) is 6.54 Å². The molecule has 4 rings (SSSR count). The van der Waals surface area contributed by atoms with Gasteiger partial charge in [-0.2, -0.15) is 5.10 Å². The highest BCUT2D eigenvalue weighted by molar-refractivity contribution is 6.04. The molecule has 5 nitrogen and oxygen atoms in total. The molecule has 0 unspecified atom stereocenters. The van der Waals surface area contributed by atoms with Crippen LogP contribution in [0.1, 0.15) is 41.5 Å². The number of benzene rings is 3. The summed E-state index contributed by atoms with van der Waals surface area (Å²) in [5.74, 6) is -0.171. The SMILES string of the molecule is CC(C)n1nc(C(=O)N(CCc2ccccc2)Cc2ccccc2)c2ccccc2c1=O. The minimum Gasteiger partial charge on any atom is -0.333 e. The van der Waals surface area contributed by atoms with Crippen LogP contribution in [0.5, 0.6) is 0 Å². The molecule has 0 spiro atoms. The molecular weight excluding hydrogens is 398 g/mol. The molecule has 0 saturated heterocycles. The first-order valence-electron chi connectivity index (χ1n) is 10.9. The quantitative estimate of drug-likeness (QED) is 0.425. The van der Waals surface area contributed by atoms with Gasteiger partial charge in [0.05, 0.1) is 11.4 Å². The number of aromatic nitrogens is 2. The van der Waals surface area contributed by atoms with E-state index in [9.17, 15) is 9.59 Å². The van der Waals surface area contributed by atoms with E-state index >= 15 is 0 Å². The summed E-state index contributed by atoms with van der Waals surface area (Å²) in [7, 11) is 0. The van der Waals surface area contributed by atoms with Crippen molar-refractivity contribution >= 4 is 16.7 Å². The van der Waals surface area contributed by atoms with Crippen LogP contribution in [-0.2, 0) is 13.0 Å². The number of carbonyl (C=O) groups is 1. The molecule has 0 aliphatic heterocycles. The van der Waals surface area contributed by atoms with Gasteiger partial charge in [0.15, 0.2) is 5.69 Å². The maximum absolute atomic E-state index is 13.8. The van der Waals surface area contributed by atoms with Crippen molar-refractivity contribution in [1.82, 2.24) is 14.7 Å². The normalized spacial score (nSPS) is 11.1. The van der Waals surface area contributed by atoms with Crippen LogP contribution in [0.25, 0.3) is 10.8 Å². The summed E-state index contributed by atoms with van der Waals surface area (Å²) < 4.78 is 1.41. The first-order valence-corrected chi connectivity index (χ1v) is 10.9. The molecule has 0 bridgehead atoms. The molecule has 0 atom stereocenters. The number of nitrogens with zero attached hydrogens (tertiary/aromatic N) is 3. The fraction of sp³-hybridized carbons (Fsp3) is 0.222. The lowest BCUT2D eigenvalue weighted by Gasteiger charge is -2.24. The molecule has 3 aromatic carbocycles. The third-order valence-corrected chi connectivity index (χ3v) is 5.54. The first kappa shape index (κ1) is 21.5. The molecule has 0 radical (unpaired) electrons. The van der Waals surface area contributed by atoms with Crippen molar-refractivity contribution in [1.29, 1.82) is 0 Å². The zero-order chi connectivity index (χ0) is 22.5. The summed E-state index contributed by atoms with van der Waals surface area (Å²) >= 11 is 0. The van der Waals surface area contributed by atoms with Crippen molar-refractivity contribution in [2.24, 2.45) is 0 Å². The standard InChI is InChI=1S/C27H27N3O2/c1-20(2)30-26(31)24-16-10-9-15-23(24)25(28-30)27(32)29(19-22-13-7-4-8-14-22)18-17-21-11-5-3-6-12-21/h3-16,20H,17-19H2,1-2H3. The Morgan fingerprint density at radius 2 is 1.41 bits per heavy atom. The number of amides is 1. The average molecular weight is 426 g/mol. The van der Waals surface area contributed by atoms with E-state index in [1.165, 1.54) is 10.2 Å². The lowest BCUT2D eigenvalue weighted by atomic mass is 10.1. The van der Waals surface area contributed by atoms with Crippen LogP contribution in [0.4, 0.5) is 0 Å². The Bertz CT molecular complexity index is 1260. The lowest BCUT2D eigenvalue weighted by Crippen LogP contribution is -2.36. The van der Waals surface area contributed by atoms with Gasteiger partial charge < -0.3 is 4.90 Å². The molecular formula is C27H27N3O2. The van der Waals surface area contributed by atoms with Gasteiger partial charge in [0.1, 0.15) is 0 Å². The lowest BCUT2D eigenvalue weighted by molar-refractivity contribution is 0.0738. The van der Waals surface area contributed by atoms with Gasteiger partial charge in [-0.05, 0) is 37.5 Å². The van der Waals surface area contributed by atoms with Gasteiger partial charge in [0.2, 0.25) is 0 Å². The highest BCUT2D eigenvalue weighted by Gasteiger charge is 2.23. The van der Waals surface area contributed by atoms with Crippen molar-refractivity contribution in [2.45, 2.75) is 32.9 Å². The molecule has 5 heteroatoms. The number of hydrogen-bond acceptors (Lipinski definition) is 3. The second-order valence-corrected chi connectivity index (χ2v) is 8.19. The summed E-state index contributed by atoms with van der Waals surface area (Å²) in [5.41, 5.74) is 2.36. The fourth-order valence-electron chi connectivity index (χ4n) is 3.83. The second kappa shape index (κ2) is 9.60. The molecule has 0 aliphatic carbocycles. The maximum atomic E-state index is 13.8. The zero-order valence-corrected chi connectivity index (χ0v) is 18.4. The van der Waals surface area contributed by atoms with Crippen molar-refractivity contribution in [3.63, 3.8) is 0 Å². The fourth-order valence-corrected chi connectivity index (χ4v) is 3.83. The van der Waals surface area contributed by atoms with Gasteiger partial charge in [-0.25, -0.2) is 4.68 Å². The predicted octanol–water partition coefficient (Wildman–Crippen LogP) is 4.86. The van der Waals surface area contributed by atoms with Gasteiger partial charge in [-0.3, -0.25) is 9.59 Å². The molecule has 162 valence electrons. The van der Waals surface area contributed by atoms with Crippen molar-refractivity contribution < 1.29 is 4.79 Å². The Balaban J connectivity index is 1.75. The summed E-state index contributed by atoms with van der Waals surface area (Å²) in [6.07, 6.45) is 0.737. The van der Waals surface area contributed by atoms with Crippen LogP contribution in [0, 0.1) is 0 Å². The van der Waals surface area contributed by atoms with Crippen molar-refractivity contribution in [3.8, 4) is 0 Å². The van der Waals surface area contributed by atoms with Gasteiger partial charge in [0, 0.05) is 18.5 Å². The van der Waals surface area contributed by atoms with E-state index in [4.69, 9.17) is 0 Å². The maximum Gasteiger partial charge on any atom is 0.275 e. The van der Waals surface area contributed by atoms with E-state index in [-0.39, 0.29) is 17.5 Å². The molecule has 1 heterocycles. The Kier molecular flexibility index (Phi) is 6.45. The number of fused-ring (bicyclic) bond motifs is 1. The molecule has 1 aromatic heterocycles. The Morgan fingerprint density at radius 3 is 2.03 bits per heavy atom.